The van der Waals surface area contributed by atoms with E-state index in [1.165, 1.54) is 31.5 Å². The second-order valence-corrected chi connectivity index (χ2v) is 6.41. The fourth-order valence-corrected chi connectivity index (χ4v) is 3.14. The Hall–Kier alpha value is -1.65. The van der Waals surface area contributed by atoms with Gasteiger partial charge < -0.3 is 9.32 Å². The summed E-state index contributed by atoms with van der Waals surface area (Å²) in [6.07, 6.45) is 4.26. The van der Waals surface area contributed by atoms with Gasteiger partial charge in [0.2, 0.25) is 5.89 Å². The molecular weight excluding hydrogens is 274 g/mol. The monoisotopic (exact) mass is 299 g/mol. The standard InChI is InChI=1S/C18H25N3O/c1-14-6-4-5-7-17(14)18-19-15(13-22-18)12-21(3)16-8-10-20(2)11-9-16/h4-7,13,16H,8-12H2,1-3H3. The van der Waals surface area contributed by atoms with Gasteiger partial charge >= 0.3 is 0 Å². The molecule has 118 valence electrons. The van der Waals surface area contributed by atoms with Gasteiger partial charge in [-0.05, 0) is 58.6 Å². The highest BCUT2D eigenvalue weighted by Crippen LogP contribution is 2.23. The summed E-state index contributed by atoms with van der Waals surface area (Å²) >= 11 is 0. The van der Waals surface area contributed by atoms with Gasteiger partial charge in [-0.1, -0.05) is 18.2 Å². The van der Waals surface area contributed by atoms with Gasteiger partial charge in [0, 0.05) is 18.2 Å². The lowest BCUT2D eigenvalue weighted by Crippen LogP contribution is -2.41. The molecule has 4 nitrogen and oxygen atoms in total. The van der Waals surface area contributed by atoms with Crippen LogP contribution in [0.5, 0.6) is 0 Å². The van der Waals surface area contributed by atoms with E-state index in [2.05, 4.69) is 47.9 Å². The number of nitrogens with zero attached hydrogens (tertiary/aromatic N) is 3. The zero-order chi connectivity index (χ0) is 15.5. The number of hydrogen-bond acceptors (Lipinski definition) is 4. The fraction of sp³-hybridized carbons (Fsp3) is 0.500. The van der Waals surface area contributed by atoms with Gasteiger partial charge in [-0.25, -0.2) is 4.98 Å². The highest BCUT2D eigenvalue weighted by atomic mass is 16.3. The molecule has 0 amide bonds. The lowest BCUT2D eigenvalue weighted by atomic mass is 10.0. The largest absolute Gasteiger partial charge is 0.444 e. The van der Waals surface area contributed by atoms with Crippen molar-refractivity contribution in [1.82, 2.24) is 14.8 Å². The maximum atomic E-state index is 5.69. The predicted octanol–water partition coefficient (Wildman–Crippen LogP) is 3.18. The van der Waals surface area contributed by atoms with E-state index in [0.29, 0.717) is 6.04 Å². The Bertz CT molecular complexity index is 614. The van der Waals surface area contributed by atoms with Crippen molar-refractivity contribution in [2.24, 2.45) is 0 Å². The first-order valence-electron chi connectivity index (χ1n) is 8.02. The van der Waals surface area contributed by atoms with Crippen molar-refractivity contribution in [3.63, 3.8) is 0 Å². The summed E-state index contributed by atoms with van der Waals surface area (Å²) in [6, 6.07) is 8.86. The lowest BCUT2D eigenvalue weighted by Gasteiger charge is -2.34. The zero-order valence-electron chi connectivity index (χ0n) is 13.7. The molecular formula is C18H25N3O. The van der Waals surface area contributed by atoms with E-state index < -0.39 is 0 Å². The van der Waals surface area contributed by atoms with Crippen LogP contribution in [0.15, 0.2) is 34.9 Å². The number of oxazole rings is 1. The predicted molar refractivity (Wildman–Crippen MR) is 88.7 cm³/mol. The van der Waals surface area contributed by atoms with Crippen LogP contribution < -0.4 is 0 Å². The normalized spacial score (nSPS) is 17.3. The summed E-state index contributed by atoms with van der Waals surface area (Å²) in [7, 11) is 4.39. The van der Waals surface area contributed by atoms with Crippen molar-refractivity contribution >= 4 is 0 Å². The molecule has 1 aliphatic heterocycles. The van der Waals surface area contributed by atoms with E-state index >= 15 is 0 Å². The van der Waals surface area contributed by atoms with E-state index in [4.69, 9.17) is 4.42 Å². The molecule has 0 aliphatic carbocycles. The summed E-state index contributed by atoms with van der Waals surface area (Å²) in [5.74, 6) is 0.727. The molecule has 1 fully saturated rings. The first-order chi connectivity index (χ1) is 10.6. The molecule has 2 heterocycles. The van der Waals surface area contributed by atoms with E-state index in [9.17, 15) is 0 Å². The molecule has 0 unspecified atom stereocenters. The van der Waals surface area contributed by atoms with Crippen LogP contribution >= 0.6 is 0 Å². The first kappa shape index (κ1) is 15.3. The van der Waals surface area contributed by atoms with E-state index in [1.54, 1.807) is 6.26 Å². The van der Waals surface area contributed by atoms with Crippen LogP contribution in [-0.2, 0) is 6.54 Å². The SMILES string of the molecule is Cc1ccccc1-c1nc(CN(C)C2CCN(C)CC2)co1. The van der Waals surface area contributed by atoms with Gasteiger partial charge in [0.05, 0.1) is 5.69 Å². The summed E-state index contributed by atoms with van der Waals surface area (Å²) in [5.41, 5.74) is 3.29. The minimum absolute atomic E-state index is 0.648. The molecule has 0 spiro atoms. The van der Waals surface area contributed by atoms with Crippen molar-refractivity contribution in [3.8, 4) is 11.5 Å². The van der Waals surface area contributed by atoms with E-state index in [1.807, 2.05) is 12.1 Å². The van der Waals surface area contributed by atoms with Gasteiger partial charge in [-0.15, -0.1) is 0 Å². The Morgan fingerprint density at radius 3 is 2.73 bits per heavy atom. The minimum atomic E-state index is 0.648. The molecule has 1 aromatic carbocycles. The van der Waals surface area contributed by atoms with Crippen molar-refractivity contribution in [2.45, 2.75) is 32.4 Å². The summed E-state index contributed by atoms with van der Waals surface area (Å²) in [4.78, 5) is 9.48. The van der Waals surface area contributed by atoms with E-state index in [-0.39, 0.29) is 0 Å². The summed E-state index contributed by atoms with van der Waals surface area (Å²) < 4.78 is 5.69. The molecule has 0 bridgehead atoms. The molecule has 22 heavy (non-hydrogen) atoms. The fourth-order valence-electron chi connectivity index (χ4n) is 3.14. The average Bonchev–Trinajstić information content (AvgIpc) is 2.96. The molecule has 1 saturated heterocycles. The van der Waals surface area contributed by atoms with Crippen molar-refractivity contribution in [2.75, 3.05) is 27.2 Å². The topological polar surface area (TPSA) is 32.5 Å². The highest BCUT2D eigenvalue weighted by Gasteiger charge is 2.21. The third-order valence-electron chi connectivity index (χ3n) is 4.65. The number of aromatic nitrogens is 1. The maximum absolute atomic E-state index is 5.69. The average molecular weight is 299 g/mol. The van der Waals surface area contributed by atoms with Crippen LogP contribution in [0.25, 0.3) is 11.5 Å². The number of hydrogen-bond donors (Lipinski definition) is 0. The van der Waals surface area contributed by atoms with Crippen molar-refractivity contribution in [3.05, 3.63) is 41.8 Å². The molecule has 0 saturated carbocycles. The Balaban J connectivity index is 1.66. The van der Waals surface area contributed by atoms with Gasteiger partial charge in [0.15, 0.2) is 0 Å². The van der Waals surface area contributed by atoms with Crippen LogP contribution in [0.4, 0.5) is 0 Å². The molecule has 1 aromatic heterocycles. The van der Waals surface area contributed by atoms with Gasteiger partial charge in [0.1, 0.15) is 6.26 Å². The van der Waals surface area contributed by atoms with Crippen LogP contribution in [0, 0.1) is 6.92 Å². The first-order valence-corrected chi connectivity index (χ1v) is 8.02. The zero-order valence-corrected chi connectivity index (χ0v) is 13.7. The summed E-state index contributed by atoms with van der Waals surface area (Å²) in [6.45, 7) is 5.30. The number of likely N-dealkylation sites (tertiary alicyclic amines) is 1. The smallest absolute Gasteiger partial charge is 0.226 e. The quantitative estimate of drug-likeness (QED) is 0.868. The highest BCUT2D eigenvalue weighted by molar-refractivity contribution is 5.58. The number of aryl methyl sites for hydroxylation is 1. The molecule has 0 atom stereocenters. The van der Waals surface area contributed by atoms with Crippen LogP contribution in [0.1, 0.15) is 24.1 Å². The Morgan fingerprint density at radius 1 is 1.27 bits per heavy atom. The number of benzene rings is 1. The molecule has 0 radical (unpaired) electrons. The Kier molecular flexibility index (Phi) is 4.60. The number of rotatable bonds is 4. The lowest BCUT2D eigenvalue weighted by molar-refractivity contribution is 0.138. The van der Waals surface area contributed by atoms with Gasteiger partial charge in [-0.2, -0.15) is 0 Å². The van der Waals surface area contributed by atoms with Gasteiger partial charge in [-0.3, -0.25) is 4.90 Å². The Morgan fingerprint density at radius 2 is 2.00 bits per heavy atom. The molecule has 2 aromatic rings. The third kappa shape index (κ3) is 3.39. The van der Waals surface area contributed by atoms with Crippen LogP contribution in [0.3, 0.4) is 0 Å². The minimum Gasteiger partial charge on any atom is -0.444 e. The van der Waals surface area contributed by atoms with E-state index in [0.717, 1.165) is 23.7 Å². The molecule has 0 N–H and O–H groups in total. The van der Waals surface area contributed by atoms with Crippen LogP contribution in [-0.4, -0.2) is 48.0 Å². The van der Waals surface area contributed by atoms with Crippen molar-refractivity contribution in [1.29, 1.82) is 0 Å². The second kappa shape index (κ2) is 6.63. The summed E-state index contributed by atoms with van der Waals surface area (Å²) in [5, 5.41) is 0. The second-order valence-electron chi connectivity index (χ2n) is 6.41. The molecule has 4 heteroatoms. The third-order valence-corrected chi connectivity index (χ3v) is 4.65. The van der Waals surface area contributed by atoms with Crippen LogP contribution in [0.2, 0.25) is 0 Å². The van der Waals surface area contributed by atoms with Crippen molar-refractivity contribution < 1.29 is 4.42 Å². The maximum Gasteiger partial charge on any atom is 0.226 e. The Labute approximate surface area is 132 Å². The number of piperidine rings is 1. The van der Waals surface area contributed by atoms with Gasteiger partial charge in [0.25, 0.3) is 0 Å². The molecule has 1 aliphatic rings. The molecule has 3 rings (SSSR count).